The second-order valence-corrected chi connectivity index (χ2v) is 10.9. The van der Waals surface area contributed by atoms with Crippen LogP contribution in [-0.4, -0.2) is 43.5 Å². The van der Waals surface area contributed by atoms with Gasteiger partial charge in [-0.05, 0) is 51.4 Å². The molecule has 8 heteroatoms. The van der Waals surface area contributed by atoms with Crippen molar-refractivity contribution >= 4 is 0 Å². The Morgan fingerprint density at radius 3 is 1.16 bits per heavy atom. The maximum absolute atomic E-state index is 11.5. The summed E-state index contributed by atoms with van der Waals surface area (Å²) in [5.74, 6) is -3.98. The van der Waals surface area contributed by atoms with Crippen molar-refractivity contribution in [1.82, 2.24) is 0 Å². The Labute approximate surface area is 191 Å². The van der Waals surface area contributed by atoms with Crippen molar-refractivity contribution in [2.45, 2.75) is 138 Å². The van der Waals surface area contributed by atoms with E-state index in [-0.39, 0.29) is 0 Å². The van der Waals surface area contributed by atoms with Crippen LogP contribution in [-0.2, 0) is 19.6 Å². The predicted octanol–water partition coefficient (Wildman–Crippen LogP) is 5.08. The summed E-state index contributed by atoms with van der Waals surface area (Å²) in [7, 11) is 0. The number of rotatable bonds is 7. The van der Waals surface area contributed by atoms with Crippen molar-refractivity contribution in [3.05, 3.63) is 0 Å². The van der Waals surface area contributed by atoms with Gasteiger partial charge in [0.05, 0.1) is 11.2 Å². The van der Waals surface area contributed by atoms with Crippen LogP contribution in [0, 0.1) is 11.8 Å². The third kappa shape index (κ3) is 4.62. The number of hydrogen-bond acceptors (Lipinski definition) is 8. The molecule has 4 N–H and O–H groups in total. The minimum absolute atomic E-state index is 0.368. The van der Waals surface area contributed by atoms with Gasteiger partial charge >= 0.3 is 0 Å². The number of aliphatic hydroxyl groups is 2. The van der Waals surface area contributed by atoms with Gasteiger partial charge in [0.15, 0.2) is 0 Å². The lowest BCUT2D eigenvalue weighted by molar-refractivity contribution is -0.598. The molecule has 0 aromatic rings. The van der Waals surface area contributed by atoms with Crippen LogP contribution in [0.4, 0.5) is 0 Å². The molecule has 4 aliphatic rings. The molecule has 0 heterocycles. The summed E-state index contributed by atoms with van der Waals surface area (Å²) in [6.07, 6.45) is 13.8. The molecule has 0 bridgehead atoms. The first-order chi connectivity index (χ1) is 15.4. The quantitative estimate of drug-likeness (QED) is 0.237. The van der Waals surface area contributed by atoms with E-state index in [9.17, 15) is 20.7 Å². The van der Waals surface area contributed by atoms with Crippen LogP contribution in [0.15, 0.2) is 0 Å². The molecule has 4 aliphatic carbocycles. The van der Waals surface area contributed by atoms with Crippen molar-refractivity contribution in [2.75, 3.05) is 0 Å². The zero-order valence-corrected chi connectivity index (χ0v) is 19.3. The van der Waals surface area contributed by atoms with E-state index in [2.05, 4.69) is 0 Å². The average Bonchev–Trinajstić information content (AvgIpc) is 2.84. The second kappa shape index (κ2) is 10.1. The summed E-state index contributed by atoms with van der Waals surface area (Å²) in [6, 6.07) is 0. The van der Waals surface area contributed by atoms with Crippen LogP contribution < -0.4 is 0 Å². The molecule has 0 saturated heterocycles. The molecule has 4 rings (SSSR count). The normalized spacial score (nSPS) is 40.1. The molecule has 0 aromatic carbocycles. The molecule has 186 valence electrons. The van der Waals surface area contributed by atoms with E-state index >= 15 is 0 Å². The fourth-order valence-electron chi connectivity index (χ4n) is 7.20. The third-order valence-corrected chi connectivity index (χ3v) is 8.97. The van der Waals surface area contributed by atoms with E-state index < -0.39 is 34.6 Å². The summed E-state index contributed by atoms with van der Waals surface area (Å²) in [6.45, 7) is 0. The average molecular weight is 459 g/mol. The minimum atomic E-state index is -1.53. The molecule has 0 aliphatic heterocycles. The van der Waals surface area contributed by atoms with Gasteiger partial charge in [-0.15, -0.1) is 0 Å². The Balaban J connectivity index is 1.57. The summed E-state index contributed by atoms with van der Waals surface area (Å²) in [5, 5.41) is 43.0. The lowest BCUT2D eigenvalue weighted by atomic mass is 9.67. The molecule has 0 spiro atoms. The molecule has 8 nitrogen and oxygen atoms in total. The van der Waals surface area contributed by atoms with Gasteiger partial charge in [-0.2, -0.15) is 9.78 Å². The minimum Gasteiger partial charge on any atom is -0.389 e. The maximum Gasteiger partial charge on any atom is 0.239 e. The molecule has 32 heavy (non-hydrogen) atoms. The van der Waals surface area contributed by atoms with Gasteiger partial charge in [0.25, 0.3) is 0 Å². The van der Waals surface area contributed by atoms with Crippen LogP contribution in [0.25, 0.3) is 0 Å². The first-order valence-electron chi connectivity index (χ1n) is 12.9. The van der Waals surface area contributed by atoms with Crippen LogP contribution in [0.2, 0.25) is 0 Å². The highest BCUT2D eigenvalue weighted by molar-refractivity contribution is 5.00. The molecule has 4 fully saturated rings. The van der Waals surface area contributed by atoms with E-state index in [1.165, 1.54) is 0 Å². The predicted molar refractivity (Wildman–Crippen MR) is 115 cm³/mol. The van der Waals surface area contributed by atoms with Crippen molar-refractivity contribution in [2.24, 2.45) is 11.8 Å². The van der Waals surface area contributed by atoms with Gasteiger partial charge < -0.3 is 10.2 Å². The van der Waals surface area contributed by atoms with E-state index in [0.29, 0.717) is 51.4 Å². The molecule has 0 radical (unpaired) electrons. The van der Waals surface area contributed by atoms with Crippen LogP contribution in [0.1, 0.15) is 116 Å². The van der Waals surface area contributed by atoms with Crippen LogP contribution >= 0.6 is 0 Å². The lowest BCUT2D eigenvalue weighted by Crippen LogP contribution is -2.60. The van der Waals surface area contributed by atoms with E-state index in [0.717, 1.165) is 64.2 Å². The zero-order valence-electron chi connectivity index (χ0n) is 19.3. The van der Waals surface area contributed by atoms with Crippen LogP contribution in [0.5, 0.6) is 0 Å². The van der Waals surface area contributed by atoms with Crippen LogP contribution in [0.3, 0.4) is 0 Å². The van der Waals surface area contributed by atoms with Gasteiger partial charge in [-0.3, -0.25) is 0 Å². The molecular weight excluding hydrogens is 416 g/mol. The van der Waals surface area contributed by atoms with Crippen molar-refractivity contribution < 1.29 is 40.3 Å². The van der Waals surface area contributed by atoms with E-state index in [1.807, 2.05) is 0 Å². The first kappa shape index (κ1) is 24.8. The molecule has 4 unspecified atom stereocenters. The SMILES string of the molecule is OOC1(OOC2(OO)CCCCC2C2(O)CCCCC2)CCCCC1C1(O)CCCCC1. The summed E-state index contributed by atoms with van der Waals surface area (Å²) in [4.78, 5) is 21.8. The van der Waals surface area contributed by atoms with Gasteiger partial charge in [-0.25, -0.2) is 20.3 Å². The highest BCUT2D eigenvalue weighted by atomic mass is 17.3. The Kier molecular flexibility index (Phi) is 7.84. The van der Waals surface area contributed by atoms with E-state index in [4.69, 9.17) is 19.6 Å². The largest absolute Gasteiger partial charge is 0.389 e. The first-order valence-corrected chi connectivity index (χ1v) is 12.9. The molecule has 0 aromatic heterocycles. The second-order valence-electron chi connectivity index (χ2n) is 10.9. The summed E-state index contributed by atoms with van der Waals surface area (Å²) in [5.41, 5.74) is -1.99. The monoisotopic (exact) mass is 458 g/mol. The topological polar surface area (TPSA) is 118 Å². The number of hydrogen-bond donors (Lipinski definition) is 4. The van der Waals surface area contributed by atoms with Crippen molar-refractivity contribution in [3.63, 3.8) is 0 Å². The van der Waals surface area contributed by atoms with E-state index in [1.54, 1.807) is 0 Å². The third-order valence-electron chi connectivity index (χ3n) is 8.97. The summed E-state index contributed by atoms with van der Waals surface area (Å²) < 4.78 is 0. The summed E-state index contributed by atoms with van der Waals surface area (Å²) >= 11 is 0. The molecular formula is C24H42O8. The highest BCUT2D eigenvalue weighted by Crippen LogP contribution is 2.52. The molecule has 0 amide bonds. The van der Waals surface area contributed by atoms with Gasteiger partial charge in [-0.1, -0.05) is 51.4 Å². The maximum atomic E-state index is 11.5. The molecule has 4 saturated carbocycles. The molecule has 4 atom stereocenters. The fourth-order valence-corrected chi connectivity index (χ4v) is 7.20. The van der Waals surface area contributed by atoms with Gasteiger partial charge in [0.1, 0.15) is 0 Å². The Bertz CT molecular complexity index is 551. The Hall–Kier alpha value is -0.320. The highest BCUT2D eigenvalue weighted by Gasteiger charge is 2.59. The Morgan fingerprint density at radius 2 is 0.812 bits per heavy atom. The van der Waals surface area contributed by atoms with Crippen molar-refractivity contribution in [3.8, 4) is 0 Å². The lowest BCUT2D eigenvalue weighted by Gasteiger charge is -2.52. The van der Waals surface area contributed by atoms with Gasteiger partial charge in [0, 0.05) is 24.7 Å². The Morgan fingerprint density at radius 1 is 0.469 bits per heavy atom. The standard InChI is InChI=1S/C24H42O8/c25-21(13-5-1-6-14-21)19-11-3-9-17-23(19,29-27)31-32-24(30-28)18-10-4-12-20(24)22(26)15-7-2-8-16-22/h19-20,25-28H,1-18H2. The fraction of sp³-hybridized carbons (Fsp3) is 1.00. The van der Waals surface area contributed by atoms with Crippen molar-refractivity contribution in [1.29, 1.82) is 0 Å². The zero-order chi connectivity index (χ0) is 22.7. The van der Waals surface area contributed by atoms with Gasteiger partial charge in [0.2, 0.25) is 11.6 Å². The smallest absolute Gasteiger partial charge is 0.239 e.